The maximum absolute atomic E-state index is 13.3. The van der Waals surface area contributed by atoms with E-state index in [9.17, 15) is 52.8 Å². The van der Waals surface area contributed by atoms with Gasteiger partial charge in [-0.2, -0.15) is 0 Å². The van der Waals surface area contributed by atoms with Crippen molar-refractivity contribution < 1.29 is 61.6 Å². The number of carbonyl (C=O) groups is 2. The highest BCUT2D eigenvalue weighted by molar-refractivity contribution is 9.10. The van der Waals surface area contributed by atoms with Gasteiger partial charge in [-0.25, -0.2) is 43.2 Å². The number of rotatable bonds is 12. The van der Waals surface area contributed by atoms with Crippen LogP contribution in [0.2, 0.25) is 0 Å². The summed E-state index contributed by atoms with van der Waals surface area (Å²) in [6.45, 7) is -0.508. The van der Waals surface area contributed by atoms with Gasteiger partial charge in [0.25, 0.3) is 24.7 Å². The average Bonchev–Trinajstić information content (AvgIpc) is 3.72. The van der Waals surface area contributed by atoms with E-state index in [1.165, 1.54) is 86.9 Å². The Bertz CT molecular complexity index is 2610. The summed E-state index contributed by atoms with van der Waals surface area (Å²) in [6.07, 6.45) is -4.15. The average molecular weight is 946 g/mol. The Morgan fingerprint density at radius 3 is 1.38 bits per heavy atom. The second-order valence-corrected chi connectivity index (χ2v) is 17.8. The van der Waals surface area contributed by atoms with Gasteiger partial charge in [-0.3, -0.25) is 18.2 Å². The van der Waals surface area contributed by atoms with Crippen LogP contribution in [0.4, 0.5) is 37.7 Å². The van der Waals surface area contributed by atoms with Crippen LogP contribution in [0.5, 0.6) is 0 Å². The Balaban J connectivity index is 0.000000228. The maximum Gasteiger partial charge on any atom is 0.257 e. The predicted octanol–water partition coefficient (Wildman–Crippen LogP) is 8.33. The van der Waals surface area contributed by atoms with Crippen molar-refractivity contribution in [1.82, 2.24) is 10.6 Å². The van der Waals surface area contributed by atoms with Crippen LogP contribution in [0, 0.1) is 18.6 Å². The Kier molecular flexibility index (Phi) is 13.6. The molecule has 21 heteroatoms. The number of nitrogens with zero attached hydrogens (tertiary/aromatic N) is 2. The number of aryl methyl sites for hydroxylation is 1. The summed E-state index contributed by atoms with van der Waals surface area (Å²) in [5.41, 5.74) is 1.73. The van der Waals surface area contributed by atoms with Gasteiger partial charge >= 0.3 is 0 Å². The first-order valence-corrected chi connectivity index (χ1v) is 21.9. The molecule has 0 aliphatic carbocycles. The van der Waals surface area contributed by atoms with Gasteiger partial charge in [0, 0.05) is 52.6 Å². The number of sulfonamides is 2. The molecule has 0 radical (unpaired) electrons. The maximum atomic E-state index is 13.3. The fourth-order valence-electron chi connectivity index (χ4n) is 6.19. The lowest BCUT2D eigenvalue weighted by Crippen LogP contribution is -2.34. The number of alkyl halides is 4. The van der Waals surface area contributed by atoms with E-state index in [4.69, 9.17) is 8.83 Å². The van der Waals surface area contributed by atoms with Gasteiger partial charge in [0.2, 0.25) is 20.0 Å². The van der Waals surface area contributed by atoms with Crippen LogP contribution in [0.25, 0.3) is 44.6 Å². The Labute approximate surface area is 348 Å². The fourth-order valence-corrected chi connectivity index (χ4v) is 8.70. The number of hydrogen-bond acceptors (Lipinski definition) is 8. The highest BCUT2D eigenvalue weighted by Gasteiger charge is 2.29. The minimum absolute atomic E-state index is 0.0214. The molecule has 12 nitrogen and oxygen atoms in total. The number of amides is 2. The van der Waals surface area contributed by atoms with Gasteiger partial charge in [0.05, 0.1) is 48.1 Å². The first kappa shape index (κ1) is 45.5. The van der Waals surface area contributed by atoms with Crippen molar-refractivity contribution in [3.8, 4) is 22.6 Å². The van der Waals surface area contributed by atoms with Crippen molar-refractivity contribution in [2.24, 2.45) is 0 Å². The highest BCUT2D eigenvalue weighted by Crippen LogP contribution is 2.41. The first-order valence-electron chi connectivity index (χ1n) is 17.4. The van der Waals surface area contributed by atoms with Gasteiger partial charge in [0.15, 0.2) is 0 Å². The lowest BCUT2D eigenvalue weighted by Gasteiger charge is -2.23. The molecular weight excluding hydrogens is 910 g/mol. The van der Waals surface area contributed by atoms with Crippen LogP contribution in [0.15, 0.2) is 86.1 Å². The Morgan fingerprint density at radius 1 is 0.650 bits per heavy atom. The number of carbonyl (C=O) groups excluding carboxylic acids is 2. The largest absolute Gasteiger partial charge is 0.455 e. The molecule has 320 valence electrons. The molecule has 0 fully saturated rings. The zero-order valence-corrected chi connectivity index (χ0v) is 35.3. The van der Waals surface area contributed by atoms with E-state index in [2.05, 4.69) is 26.6 Å². The standard InChI is InChI=1S/C20H19F3N2O4S.C19H16BrF3N2O4S/c1-11-8-14-16(9-15(11)25(10-17(22)23)30(3,27)28)29-19(18(14)20(26)24-2)12-4-6-13(21)7-5-12;1-24-19(26)17-12-7-13(20)14(25(9-16(22)23)30(2,27)28)8-15(12)29-18(17)10-3-5-11(21)6-4-10/h4-9,17H,10H2,1-3H3,(H,24,26);3-8,16H,9H2,1-2H3,(H,24,26). The summed E-state index contributed by atoms with van der Waals surface area (Å²) in [6, 6.07) is 16.1. The number of hydrogen-bond donors (Lipinski definition) is 2. The molecule has 0 bridgehead atoms. The van der Waals surface area contributed by atoms with Gasteiger partial charge < -0.3 is 19.5 Å². The molecule has 0 atom stereocenters. The molecule has 2 amide bonds. The van der Waals surface area contributed by atoms with E-state index in [0.717, 1.165) is 12.5 Å². The fraction of sp³-hybridized carbons (Fsp3) is 0.231. The summed E-state index contributed by atoms with van der Waals surface area (Å²) >= 11 is 3.21. The van der Waals surface area contributed by atoms with Crippen LogP contribution in [0.1, 0.15) is 26.3 Å². The summed E-state index contributed by atoms with van der Waals surface area (Å²) < 4.78 is 140. The van der Waals surface area contributed by atoms with E-state index in [1.807, 2.05) is 0 Å². The summed E-state index contributed by atoms with van der Waals surface area (Å²) in [4.78, 5) is 25.1. The van der Waals surface area contributed by atoms with Crippen LogP contribution in [-0.4, -0.2) is 81.2 Å². The highest BCUT2D eigenvalue weighted by atomic mass is 79.9. The molecule has 4 aromatic carbocycles. The lowest BCUT2D eigenvalue weighted by atomic mass is 10.0. The van der Waals surface area contributed by atoms with Crippen LogP contribution < -0.4 is 19.2 Å². The third-order valence-electron chi connectivity index (χ3n) is 8.83. The molecule has 0 saturated heterocycles. The molecule has 0 aliphatic rings. The van der Waals surface area contributed by atoms with Gasteiger partial charge in [0.1, 0.15) is 34.3 Å². The topological polar surface area (TPSA) is 159 Å². The SMILES string of the molecule is CNC(=O)c1c(-c2ccc(F)cc2)oc2cc(N(CC(F)F)S(C)(=O)=O)c(Br)cc12.CNC(=O)c1c(-c2ccc(F)cc2)oc2cc(N(CC(F)F)S(C)(=O)=O)c(C)cc12. The molecule has 2 aromatic heterocycles. The zero-order chi connectivity index (χ0) is 44.4. The number of nitrogens with one attached hydrogen (secondary N) is 2. The summed E-state index contributed by atoms with van der Waals surface area (Å²) in [5.74, 6) is -1.61. The zero-order valence-electron chi connectivity index (χ0n) is 32.1. The minimum atomic E-state index is -4.02. The van der Waals surface area contributed by atoms with Crippen molar-refractivity contribution in [2.45, 2.75) is 19.8 Å². The minimum Gasteiger partial charge on any atom is -0.455 e. The normalized spacial score (nSPS) is 11.8. The van der Waals surface area contributed by atoms with Crippen molar-refractivity contribution in [1.29, 1.82) is 0 Å². The number of fused-ring (bicyclic) bond motifs is 2. The molecule has 60 heavy (non-hydrogen) atoms. The van der Waals surface area contributed by atoms with E-state index in [1.54, 1.807) is 6.92 Å². The molecule has 0 saturated carbocycles. The summed E-state index contributed by atoms with van der Waals surface area (Å²) in [5, 5.41) is 5.71. The van der Waals surface area contributed by atoms with E-state index < -0.39 is 69.4 Å². The second-order valence-electron chi connectivity index (χ2n) is 13.1. The third kappa shape index (κ3) is 9.90. The number of benzene rings is 4. The van der Waals surface area contributed by atoms with Crippen molar-refractivity contribution in [3.05, 3.63) is 106 Å². The van der Waals surface area contributed by atoms with E-state index >= 15 is 0 Å². The predicted molar refractivity (Wildman–Crippen MR) is 219 cm³/mol. The molecule has 2 N–H and O–H groups in total. The number of anilines is 2. The molecule has 0 unspecified atom stereocenters. The summed E-state index contributed by atoms with van der Waals surface area (Å²) in [7, 11) is -5.16. The van der Waals surface area contributed by atoms with Crippen molar-refractivity contribution >= 4 is 81.1 Å². The Morgan fingerprint density at radius 2 is 1.02 bits per heavy atom. The molecule has 6 rings (SSSR count). The smallest absolute Gasteiger partial charge is 0.257 e. The number of furan rings is 2. The first-order chi connectivity index (χ1) is 28.0. The van der Waals surface area contributed by atoms with Crippen LogP contribution >= 0.6 is 15.9 Å². The molecule has 0 spiro atoms. The molecule has 0 aliphatic heterocycles. The van der Waals surface area contributed by atoms with Crippen molar-refractivity contribution in [3.63, 3.8) is 0 Å². The van der Waals surface area contributed by atoms with Gasteiger partial charge in [-0.05, 0) is 89.1 Å². The monoisotopic (exact) mass is 944 g/mol. The Hall–Kier alpha value is -5.54. The molecule has 2 heterocycles. The lowest BCUT2D eigenvalue weighted by molar-refractivity contribution is 0.0956. The van der Waals surface area contributed by atoms with Gasteiger partial charge in [-0.1, -0.05) is 0 Å². The van der Waals surface area contributed by atoms with E-state index in [0.29, 0.717) is 36.1 Å². The van der Waals surface area contributed by atoms with Crippen LogP contribution in [0.3, 0.4) is 0 Å². The van der Waals surface area contributed by atoms with E-state index in [-0.39, 0.29) is 49.7 Å². The van der Waals surface area contributed by atoms with Gasteiger partial charge in [-0.15, -0.1) is 0 Å². The second kappa shape index (κ2) is 18.0. The van der Waals surface area contributed by atoms with Crippen LogP contribution in [-0.2, 0) is 20.0 Å². The molecule has 6 aromatic rings. The number of halogens is 7. The quantitative estimate of drug-likeness (QED) is 0.116. The molecular formula is C39H35BrF6N4O8S2. The van der Waals surface area contributed by atoms with Crippen molar-refractivity contribution in [2.75, 3.05) is 48.3 Å². The third-order valence-corrected chi connectivity index (χ3v) is 11.8.